The Balaban J connectivity index is 2.08. The summed E-state index contributed by atoms with van der Waals surface area (Å²) < 4.78 is 10.8. The number of aliphatic hydroxyl groups excluding tert-OH is 1. The fourth-order valence-electron chi connectivity index (χ4n) is 2.37. The van der Waals surface area contributed by atoms with Gasteiger partial charge in [-0.15, -0.1) is 0 Å². The molecule has 1 aromatic carbocycles. The van der Waals surface area contributed by atoms with Gasteiger partial charge in [0.15, 0.2) is 0 Å². The summed E-state index contributed by atoms with van der Waals surface area (Å²) in [5, 5.41) is 9.49. The van der Waals surface area contributed by atoms with Crippen LogP contribution in [0.2, 0.25) is 0 Å². The van der Waals surface area contributed by atoms with Crippen LogP contribution in [0.25, 0.3) is 0 Å². The normalized spacial score (nSPS) is 25.4. The number of anilines is 1. The van der Waals surface area contributed by atoms with Crippen molar-refractivity contribution in [3.05, 3.63) is 29.8 Å². The highest BCUT2D eigenvalue weighted by Gasteiger charge is 2.32. The van der Waals surface area contributed by atoms with Crippen LogP contribution in [0.1, 0.15) is 18.6 Å². The van der Waals surface area contributed by atoms with Gasteiger partial charge in [-0.2, -0.15) is 0 Å². The van der Waals surface area contributed by atoms with Crippen LogP contribution < -0.4 is 4.90 Å². The minimum atomic E-state index is -0.420. The average Bonchev–Trinajstić information content (AvgIpc) is 2.82. The van der Waals surface area contributed by atoms with Crippen molar-refractivity contribution >= 4 is 5.69 Å². The molecule has 0 amide bonds. The van der Waals surface area contributed by atoms with E-state index in [1.807, 2.05) is 24.3 Å². The van der Waals surface area contributed by atoms with Gasteiger partial charge in [0.05, 0.1) is 6.10 Å². The van der Waals surface area contributed by atoms with Crippen LogP contribution in [-0.4, -0.2) is 44.6 Å². The zero-order valence-electron chi connectivity index (χ0n) is 11.2. The van der Waals surface area contributed by atoms with Gasteiger partial charge in [-0.05, 0) is 24.6 Å². The van der Waals surface area contributed by atoms with Gasteiger partial charge in [0.1, 0.15) is 12.2 Å². The zero-order valence-corrected chi connectivity index (χ0v) is 11.2. The Kier molecular flexibility index (Phi) is 4.22. The summed E-state index contributed by atoms with van der Waals surface area (Å²) >= 11 is 0. The molecule has 1 N–H and O–H groups in total. The van der Waals surface area contributed by atoms with Crippen molar-refractivity contribution < 1.29 is 14.6 Å². The molecule has 2 unspecified atom stereocenters. The number of hydrogen-bond donors (Lipinski definition) is 1. The van der Waals surface area contributed by atoms with Gasteiger partial charge in [0.2, 0.25) is 0 Å². The molecule has 1 fully saturated rings. The monoisotopic (exact) mass is 251 g/mol. The third-order valence-electron chi connectivity index (χ3n) is 3.56. The molecule has 100 valence electrons. The summed E-state index contributed by atoms with van der Waals surface area (Å²) in [5.41, 5.74) is 2.07. The van der Waals surface area contributed by atoms with E-state index in [1.54, 1.807) is 21.1 Å². The third kappa shape index (κ3) is 2.66. The molecule has 0 radical (unpaired) electrons. The van der Waals surface area contributed by atoms with Crippen LogP contribution in [-0.2, 0) is 9.47 Å². The summed E-state index contributed by atoms with van der Waals surface area (Å²) in [6, 6.07) is 7.99. The molecule has 0 bridgehead atoms. The standard InChI is InChI=1S/C14H21NO3/c1-10(16)11-4-6-12(7-5-11)15-8-13(17-2)14(9-15)18-3/h4-7,10,13-14,16H,8-9H2,1-3H3/t10-,13?,14?/m1/s1. The second-order valence-corrected chi connectivity index (χ2v) is 4.72. The summed E-state index contributed by atoms with van der Waals surface area (Å²) in [6.07, 6.45) is -0.186. The first kappa shape index (κ1) is 13.3. The van der Waals surface area contributed by atoms with E-state index in [4.69, 9.17) is 9.47 Å². The van der Waals surface area contributed by atoms with E-state index in [9.17, 15) is 5.11 Å². The summed E-state index contributed by atoms with van der Waals surface area (Å²) in [7, 11) is 3.44. The largest absolute Gasteiger partial charge is 0.389 e. The van der Waals surface area contributed by atoms with Gasteiger partial charge in [0.25, 0.3) is 0 Å². The number of hydrogen-bond acceptors (Lipinski definition) is 4. The van der Waals surface area contributed by atoms with Crippen molar-refractivity contribution in [2.24, 2.45) is 0 Å². The van der Waals surface area contributed by atoms with Crippen molar-refractivity contribution in [3.63, 3.8) is 0 Å². The number of aliphatic hydroxyl groups is 1. The molecule has 1 aromatic rings. The number of ether oxygens (including phenoxy) is 2. The van der Waals surface area contributed by atoms with Crippen molar-refractivity contribution in [2.75, 3.05) is 32.2 Å². The van der Waals surface area contributed by atoms with E-state index in [2.05, 4.69) is 4.90 Å². The number of benzene rings is 1. The predicted octanol–water partition coefficient (Wildman–Crippen LogP) is 1.59. The van der Waals surface area contributed by atoms with E-state index in [1.165, 1.54) is 0 Å². The topological polar surface area (TPSA) is 41.9 Å². The van der Waals surface area contributed by atoms with Gasteiger partial charge < -0.3 is 19.5 Å². The lowest BCUT2D eigenvalue weighted by atomic mass is 10.1. The van der Waals surface area contributed by atoms with Crippen molar-refractivity contribution in [2.45, 2.75) is 25.2 Å². The Morgan fingerprint density at radius 1 is 1.11 bits per heavy atom. The van der Waals surface area contributed by atoms with Gasteiger partial charge in [-0.3, -0.25) is 0 Å². The fraction of sp³-hybridized carbons (Fsp3) is 0.571. The minimum Gasteiger partial charge on any atom is -0.389 e. The lowest BCUT2D eigenvalue weighted by Crippen LogP contribution is -2.27. The van der Waals surface area contributed by atoms with Crippen LogP contribution in [0.3, 0.4) is 0 Å². The zero-order chi connectivity index (χ0) is 13.1. The molecule has 0 aromatic heterocycles. The van der Waals surface area contributed by atoms with Crippen molar-refractivity contribution in [3.8, 4) is 0 Å². The second kappa shape index (κ2) is 5.69. The van der Waals surface area contributed by atoms with E-state index in [-0.39, 0.29) is 12.2 Å². The molecule has 18 heavy (non-hydrogen) atoms. The van der Waals surface area contributed by atoms with E-state index in [0.29, 0.717) is 0 Å². The molecule has 1 aliphatic rings. The highest BCUT2D eigenvalue weighted by atomic mass is 16.5. The quantitative estimate of drug-likeness (QED) is 0.882. The Hall–Kier alpha value is -1.10. The molecule has 1 aliphatic heterocycles. The van der Waals surface area contributed by atoms with Gasteiger partial charge in [0, 0.05) is 33.0 Å². The second-order valence-electron chi connectivity index (χ2n) is 4.72. The number of rotatable bonds is 4. The minimum absolute atomic E-state index is 0.117. The highest BCUT2D eigenvalue weighted by molar-refractivity contribution is 5.49. The highest BCUT2D eigenvalue weighted by Crippen LogP contribution is 2.25. The summed E-state index contributed by atoms with van der Waals surface area (Å²) in [4.78, 5) is 2.24. The smallest absolute Gasteiger partial charge is 0.102 e. The van der Waals surface area contributed by atoms with Crippen LogP contribution in [0.5, 0.6) is 0 Å². The SMILES string of the molecule is COC1CN(c2ccc([C@@H](C)O)cc2)CC1OC. The predicted molar refractivity (Wildman–Crippen MR) is 70.9 cm³/mol. The Morgan fingerprint density at radius 3 is 2.00 bits per heavy atom. The molecule has 4 nitrogen and oxygen atoms in total. The molecule has 1 heterocycles. The lowest BCUT2D eigenvalue weighted by molar-refractivity contribution is -0.00461. The molecule has 2 rings (SSSR count). The van der Waals surface area contributed by atoms with Crippen LogP contribution >= 0.6 is 0 Å². The molecule has 0 spiro atoms. The van der Waals surface area contributed by atoms with Gasteiger partial charge in [-0.25, -0.2) is 0 Å². The average molecular weight is 251 g/mol. The Morgan fingerprint density at radius 2 is 1.61 bits per heavy atom. The number of nitrogens with zero attached hydrogens (tertiary/aromatic N) is 1. The first-order chi connectivity index (χ1) is 8.65. The van der Waals surface area contributed by atoms with E-state index >= 15 is 0 Å². The molecular formula is C14H21NO3. The van der Waals surface area contributed by atoms with E-state index in [0.717, 1.165) is 24.3 Å². The summed E-state index contributed by atoms with van der Waals surface area (Å²) in [6.45, 7) is 3.44. The maximum atomic E-state index is 9.49. The Labute approximate surface area is 108 Å². The lowest BCUT2D eigenvalue weighted by Gasteiger charge is -2.18. The molecule has 3 atom stereocenters. The molecular weight excluding hydrogens is 230 g/mol. The molecule has 4 heteroatoms. The summed E-state index contributed by atoms with van der Waals surface area (Å²) in [5.74, 6) is 0. The third-order valence-corrected chi connectivity index (χ3v) is 3.56. The first-order valence-corrected chi connectivity index (χ1v) is 6.24. The van der Waals surface area contributed by atoms with Crippen LogP contribution in [0.4, 0.5) is 5.69 Å². The molecule has 1 saturated heterocycles. The van der Waals surface area contributed by atoms with Crippen molar-refractivity contribution in [1.29, 1.82) is 0 Å². The van der Waals surface area contributed by atoms with Crippen molar-refractivity contribution in [1.82, 2.24) is 0 Å². The first-order valence-electron chi connectivity index (χ1n) is 6.24. The molecule has 0 aliphatic carbocycles. The van der Waals surface area contributed by atoms with Gasteiger partial charge in [-0.1, -0.05) is 12.1 Å². The van der Waals surface area contributed by atoms with Crippen LogP contribution in [0.15, 0.2) is 24.3 Å². The maximum Gasteiger partial charge on any atom is 0.102 e. The number of methoxy groups -OCH3 is 2. The molecule has 0 saturated carbocycles. The Bertz CT molecular complexity index is 365. The maximum absolute atomic E-state index is 9.49. The van der Waals surface area contributed by atoms with Gasteiger partial charge >= 0.3 is 0 Å². The fourth-order valence-corrected chi connectivity index (χ4v) is 2.37. The van der Waals surface area contributed by atoms with E-state index < -0.39 is 6.10 Å². The van der Waals surface area contributed by atoms with Crippen LogP contribution in [0, 0.1) is 0 Å².